The average molecular weight is 220 g/mol. The van der Waals surface area contributed by atoms with Gasteiger partial charge in [-0.05, 0) is 19.8 Å². The fourth-order valence-corrected chi connectivity index (χ4v) is 1.70. The zero-order valence-electron chi connectivity index (χ0n) is 9.31. The maximum Gasteiger partial charge on any atom is 0.449 e. The summed E-state index contributed by atoms with van der Waals surface area (Å²) in [6, 6.07) is 0. The van der Waals surface area contributed by atoms with Gasteiger partial charge < -0.3 is 4.57 Å². The Kier molecular flexibility index (Phi) is 3.11. The van der Waals surface area contributed by atoms with Crippen LogP contribution in [-0.2, 0) is 12.7 Å². The van der Waals surface area contributed by atoms with E-state index in [9.17, 15) is 13.2 Å². The zero-order valence-corrected chi connectivity index (χ0v) is 9.31. The van der Waals surface area contributed by atoms with Gasteiger partial charge in [0, 0.05) is 12.2 Å². The summed E-state index contributed by atoms with van der Waals surface area (Å²) in [5, 5.41) is 0. The normalized spacial score (nSPS) is 12.5. The second kappa shape index (κ2) is 3.87. The van der Waals surface area contributed by atoms with Gasteiger partial charge in [0.1, 0.15) is 0 Å². The van der Waals surface area contributed by atoms with Crippen molar-refractivity contribution in [1.29, 1.82) is 0 Å². The van der Waals surface area contributed by atoms with E-state index in [2.05, 4.69) is 4.98 Å². The summed E-state index contributed by atoms with van der Waals surface area (Å²) in [4.78, 5) is 3.69. The van der Waals surface area contributed by atoms with Crippen LogP contribution >= 0.6 is 0 Å². The molecule has 0 fully saturated rings. The molecule has 0 atom stereocenters. The van der Waals surface area contributed by atoms with Gasteiger partial charge in [-0.1, -0.05) is 13.8 Å². The SMILES string of the molecule is CCn1c(C(F)(F)F)nc(C(C)C)c1C. The third-order valence-corrected chi connectivity index (χ3v) is 2.37. The number of hydrogen-bond acceptors (Lipinski definition) is 1. The van der Waals surface area contributed by atoms with Gasteiger partial charge in [-0.2, -0.15) is 13.2 Å². The quantitative estimate of drug-likeness (QED) is 0.747. The van der Waals surface area contributed by atoms with E-state index in [1.54, 1.807) is 13.8 Å². The molecule has 0 aliphatic carbocycles. The van der Waals surface area contributed by atoms with Crippen LogP contribution in [0.15, 0.2) is 0 Å². The lowest BCUT2D eigenvalue weighted by Crippen LogP contribution is -2.14. The Morgan fingerprint density at radius 3 is 2.13 bits per heavy atom. The summed E-state index contributed by atoms with van der Waals surface area (Å²) in [7, 11) is 0. The molecule has 1 heterocycles. The molecule has 1 rings (SSSR count). The molecule has 2 nitrogen and oxygen atoms in total. The van der Waals surface area contributed by atoms with E-state index in [1.807, 2.05) is 13.8 Å². The third-order valence-electron chi connectivity index (χ3n) is 2.37. The first-order chi connectivity index (χ1) is 6.79. The van der Waals surface area contributed by atoms with Crippen LogP contribution in [0.1, 0.15) is 43.9 Å². The second-order valence-electron chi connectivity index (χ2n) is 3.80. The predicted octanol–water partition coefficient (Wildman–Crippen LogP) is 3.35. The van der Waals surface area contributed by atoms with E-state index in [0.717, 1.165) is 0 Å². The van der Waals surface area contributed by atoms with Crippen molar-refractivity contribution in [2.24, 2.45) is 0 Å². The number of alkyl halides is 3. The van der Waals surface area contributed by atoms with Crippen LogP contribution in [0, 0.1) is 6.92 Å². The second-order valence-corrected chi connectivity index (χ2v) is 3.80. The van der Waals surface area contributed by atoms with Gasteiger partial charge in [0.15, 0.2) is 0 Å². The first-order valence-electron chi connectivity index (χ1n) is 4.93. The fourth-order valence-electron chi connectivity index (χ4n) is 1.70. The van der Waals surface area contributed by atoms with Crippen LogP contribution in [0.5, 0.6) is 0 Å². The van der Waals surface area contributed by atoms with Crippen LogP contribution in [-0.4, -0.2) is 9.55 Å². The number of aromatic nitrogens is 2. The van der Waals surface area contributed by atoms with Gasteiger partial charge in [0.05, 0.1) is 5.69 Å². The molecule has 0 aromatic carbocycles. The van der Waals surface area contributed by atoms with E-state index in [4.69, 9.17) is 0 Å². The first kappa shape index (κ1) is 12.1. The van der Waals surface area contributed by atoms with Gasteiger partial charge in [-0.3, -0.25) is 0 Å². The Balaban J connectivity index is 3.35. The van der Waals surface area contributed by atoms with E-state index in [0.29, 0.717) is 17.9 Å². The van der Waals surface area contributed by atoms with Crippen molar-refractivity contribution in [3.63, 3.8) is 0 Å². The smallest absolute Gasteiger partial charge is 0.325 e. The molecule has 1 aromatic heterocycles. The summed E-state index contributed by atoms with van der Waals surface area (Å²) in [6.07, 6.45) is -4.37. The van der Waals surface area contributed by atoms with Gasteiger partial charge in [0.2, 0.25) is 5.82 Å². The molecule has 0 saturated carbocycles. The zero-order chi connectivity index (χ0) is 11.8. The molecule has 0 radical (unpaired) electrons. The molecule has 86 valence electrons. The first-order valence-corrected chi connectivity index (χ1v) is 4.93. The van der Waals surface area contributed by atoms with Crippen molar-refractivity contribution in [1.82, 2.24) is 9.55 Å². The number of nitrogens with zero attached hydrogens (tertiary/aromatic N) is 2. The number of imidazole rings is 1. The number of rotatable bonds is 2. The molecule has 0 amide bonds. The highest BCUT2D eigenvalue weighted by atomic mass is 19.4. The van der Waals surface area contributed by atoms with Crippen molar-refractivity contribution in [2.45, 2.75) is 46.3 Å². The minimum absolute atomic E-state index is 0.0129. The van der Waals surface area contributed by atoms with Crippen LogP contribution < -0.4 is 0 Å². The minimum atomic E-state index is -4.37. The Bertz CT molecular complexity index is 350. The van der Waals surface area contributed by atoms with Crippen molar-refractivity contribution in [2.75, 3.05) is 0 Å². The lowest BCUT2D eigenvalue weighted by Gasteiger charge is -2.09. The molecule has 0 aliphatic heterocycles. The Hall–Kier alpha value is -1.00. The van der Waals surface area contributed by atoms with Crippen LogP contribution in [0.3, 0.4) is 0 Å². The molecule has 0 aliphatic rings. The minimum Gasteiger partial charge on any atom is -0.325 e. The molecule has 0 bridgehead atoms. The van der Waals surface area contributed by atoms with E-state index in [1.165, 1.54) is 4.57 Å². The van der Waals surface area contributed by atoms with Crippen molar-refractivity contribution in [3.8, 4) is 0 Å². The number of halogens is 3. The molecule has 0 unspecified atom stereocenters. The summed E-state index contributed by atoms with van der Waals surface area (Å²) in [5.74, 6) is -0.773. The monoisotopic (exact) mass is 220 g/mol. The molecule has 0 saturated heterocycles. The fraction of sp³-hybridized carbons (Fsp3) is 0.700. The molecule has 0 N–H and O–H groups in total. The summed E-state index contributed by atoms with van der Waals surface area (Å²) in [5.41, 5.74) is 1.14. The molecular weight excluding hydrogens is 205 g/mol. The summed E-state index contributed by atoms with van der Waals surface area (Å²) in [6.45, 7) is 7.35. The molecule has 5 heteroatoms. The largest absolute Gasteiger partial charge is 0.449 e. The highest BCUT2D eigenvalue weighted by Gasteiger charge is 2.38. The van der Waals surface area contributed by atoms with E-state index < -0.39 is 12.0 Å². The van der Waals surface area contributed by atoms with E-state index >= 15 is 0 Å². The van der Waals surface area contributed by atoms with Crippen LogP contribution in [0.2, 0.25) is 0 Å². The van der Waals surface area contributed by atoms with Gasteiger partial charge in [-0.25, -0.2) is 4.98 Å². The van der Waals surface area contributed by atoms with Crippen LogP contribution in [0.25, 0.3) is 0 Å². The highest BCUT2D eigenvalue weighted by molar-refractivity contribution is 5.20. The Labute approximate surface area is 87.1 Å². The average Bonchev–Trinajstić information content (AvgIpc) is 2.41. The van der Waals surface area contributed by atoms with Gasteiger partial charge in [-0.15, -0.1) is 0 Å². The molecule has 1 aromatic rings. The van der Waals surface area contributed by atoms with Gasteiger partial charge in [0.25, 0.3) is 0 Å². The van der Waals surface area contributed by atoms with Crippen molar-refractivity contribution < 1.29 is 13.2 Å². The summed E-state index contributed by atoms with van der Waals surface area (Å²) >= 11 is 0. The molecular formula is C10H15F3N2. The predicted molar refractivity (Wildman–Crippen MR) is 51.7 cm³/mol. The standard InChI is InChI=1S/C10H15F3N2/c1-5-15-7(4)8(6(2)3)14-9(15)10(11,12)13/h6H,5H2,1-4H3. The highest BCUT2D eigenvalue weighted by Crippen LogP contribution is 2.31. The maximum atomic E-state index is 12.6. The van der Waals surface area contributed by atoms with E-state index in [-0.39, 0.29) is 5.92 Å². The Morgan fingerprint density at radius 2 is 1.87 bits per heavy atom. The number of hydrogen-bond donors (Lipinski definition) is 0. The van der Waals surface area contributed by atoms with Crippen molar-refractivity contribution in [3.05, 3.63) is 17.2 Å². The lowest BCUT2D eigenvalue weighted by molar-refractivity contribution is -0.147. The Morgan fingerprint density at radius 1 is 1.33 bits per heavy atom. The maximum absolute atomic E-state index is 12.6. The van der Waals surface area contributed by atoms with Gasteiger partial charge >= 0.3 is 6.18 Å². The summed E-state index contributed by atoms with van der Waals surface area (Å²) < 4.78 is 39.0. The van der Waals surface area contributed by atoms with Crippen LogP contribution in [0.4, 0.5) is 13.2 Å². The van der Waals surface area contributed by atoms with Crippen molar-refractivity contribution >= 4 is 0 Å². The molecule has 15 heavy (non-hydrogen) atoms. The lowest BCUT2D eigenvalue weighted by atomic mass is 10.1. The topological polar surface area (TPSA) is 17.8 Å². The third kappa shape index (κ3) is 2.16. The molecule has 0 spiro atoms.